The lowest BCUT2D eigenvalue weighted by molar-refractivity contribution is 0.171. The highest BCUT2D eigenvalue weighted by molar-refractivity contribution is 5.49. The molecule has 0 spiro atoms. The SMILES string of the molecule is CC(C)(CO)CNc1cccc(Oc2ccccc2)c1. The normalized spacial score (nSPS) is 11.2. The van der Waals surface area contributed by atoms with Gasteiger partial charge in [-0.15, -0.1) is 0 Å². The average molecular weight is 271 g/mol. The van der Waals surface area contributed by atoms with Crippen LogP contribution in [0, 0.1) is 5.41 Å². The van der Waals surface area contributed by atoms with Crippen molar-refractivity contribution in [3.8, 4) is 11.5 Å². The van der Waals surface area contributed by atoms with Gasteiger partial charge in [-0.1, -0.05) is 38.1 Å². The summed E-state index contributed by atoms with van der Waals surface area (Å²) in [5.74, 6) is 1.61. The van der Waals surface area contributed by atoms with Gasteiger partial charge in [-0.2, -0.15) is 0 Å². The first-order valence-corrected chi connectivity index (χ1v) is 6.77. The van der Waals surface area contributed by atoms with E-state index in [0.29, 0.717) is 6.54 Å². The Morgan fingerprint density at radius 2 is 1.70 bits per heavy atom. The molecule has 0 radical (unpaired) electrons. The van der Waals surface area contributed by atoms with E-state index in [4.69, 9.17) is 4.74 Å². The molecular formula is C17H21NO2. The van der Waals surface area contributed by atoms with Gasteiger partial charge in [-0.3, -0.25) is 0 Å². The van der Waals surface area contributed by atoms with Crippen molar-refractivity contribution in [2.45, 2.75) is 13.8 Å². The van der Waals surface area contributed by atoms with Crippen molar-refractivity contribution in [3.05, 3.63) is 54.6 Å². The number of ether oxygens (including phenoxy) is 1. The molecule has 0 saturated carbocycles. The van der Waals surface area contributed by atoms with E-state index >= 15 is 0 Å². The Balaban J connectivity index is 2.01. The van der Waals surface area contributed by atoms with Crippen molar-refractivity contribution in [1.29, 1.82) is 0 Å². The van der Waals surface area contributed by atoms with Crippen molar-refractivity contribution < 1.29 is 9.84 Å². The number of aliphatic hydroxyl groups excluding tert-OH is 1. The Bertz CT molecular complexity index is 538. The Labute approximate surface area is 120 Å². The van der Waals surface area contributed by atoms with Gasteiger partial charge in [0.25, 0.3) is 0 Å². The smallest absolute Gasteiger partial charge is 0.129 e. The summed E-state index contributed by atoms with van der Waals surface area (Å²) < 4.78 is 5.79. The maximum Gasteiger partial charge on any atom is 0.129 e. The van der Waals surface area contributed by atoms with Gasteiger partial charge in [-0.25, -0.2) is 0 Å². The van der Waals surface area contributed by atoms with Gasteiger partial charge in [0.1, 0.15) is 11.5 Å². The van der Waals surface area contributed by atoms with Crippen molar-refractivity contribution in [1.82, 2.24) is 0 Å². The van der Waals surface area contributed by atoms with E-state index in [1.165, 1.54) is 0 Å². The first-order chi connectivity index (χ1) is 9.59. The Kier molecular flexibility index (Phi) is 4.64. The van der Waals surface area contributed by atoms with Crippen LogP contribution < -0.4 is 10.1 Å². The van der Waals surface area contributed by atoms with Gasteiger partial charge >= 0.3 is 0 Å². The Morgan fingerprint density at radius 3 is 2.40 bits per heavy atom. The third-order valence-electron chi connectivity index (χ3n) is 3.01. The second kappa shape index (κ2) is 6.44. The molecule has 2 aromatic rings. The van der Waals surface area contributed by atoms with Crippen LogP contribution in [0.5, 0.6) is 11.5 Å². The van der Waals surface area contributed by atoms with E-state index in [0.717, 1.165) is 17.2 Å². The molecule has 0 atom stereocenters. The maximum atomic E-state index is 9.26. The molecular weight excluding hydrogens is 250 g/mol. The molecule has 0 aromatic heterocycles. The average Bonchev–Trinajstić information content (AvgIpc) is 2.47. The quantitative estimate of drug-likeness (QED) is 0.837. The lowest BCUT2D eigenvalue weighted by Gasteiger charge is -2.22. The minimum atomic E-state index is -0.143. The molecule has 3 heteroatoms. The summed E-state index contributed by atoms with van der Waals surface area (Å²) >= 11 is 0. The number of aliphatic hydroxyl groups is 1. The number of hydrogen-bond donors (Lipinski definition) is 2. The number of rotatable bonds is 6. The predicted octanol–water partition coefficient (Wildman–Crippen LogP) is 3.91. The highest BCUT2D eigenvalue weighted by Gasteiger charge is 2.15. The van der Waals surface area contributed by atoms with E-state index in [-0.39, 0.29) is 12.0 Å². The fraction of sp³-hybridized carbons (Fsp3) is 0.294. The molecule has 0 bridgehead atoms. The Morgan fingerprint density at radius 1 is 1.00 bits per heavy atom. The zero-order valence-electron chi connectivity index (χ0n) is 12.0. The molecule has 0 aliphatic rings. The Hall–Kier alpha value is -2.00. The van der Waals surface area contributed by atoms with Crippen LogP contribution in [0.25, 0.3) is 0 Å². The van der Waals surface area contributed by atoms with Crippen LogP contribution in [-0.4, -0.2) is 18.3 Å². The summed E-state index contributed by atoms with van der Waals surface area (Å²) in [5, 5.41) is 12.6. The molecule has 0 aliphatic carbocycles. The van der Waals surface area contributed by atoms with Gasteiger partial charge in [0.15, 0.2) is 0 Å². The molecule has 0 saturated heterocycles. The second-order valence-electron chi connectivity index (χ2n) is 5.62. The molecule has 2 aromatic carbocycles. The van der Waals surface area contributed by atoms with E-state index in [2.05, 4.69) is 5.32 Å². The summed E-state index contributed by atoms with van der Waals surface area (Å²) in [6.45, 7) is 4.90. The summed E-state index contributed by atoms with van der Waals surface area (Å²) in [7, 11) is 0. The molecule has 0 heterocycles. The molecule has 3 nitrogen and oxygen atoms in total. The van der Waals surface area contributed by atoms with E-state index in [1.54, 1.807) is 0 Å². The summed E-state index contributed by atoms with van der Waals surface area (Å²) in [4.78, 5) is 0. The van der Waals surface area contributed by atoms with E-state index in [1.807, 2.05) is 68.4 Å². The third-order valence-corrected chi connectivity index (χ3v) is 3.01. The lowest BCUT2D eigenvalue weighted by Crippen LogP contribution is -2.26. The van der Waals surface area contributed by atoms with Crippen molar-refractivity contribution >= 4 is 5.69 Å². The zero-order valence-corrected chi connectivity index (χ0v) is 12.0. The molecule has 0 amide bonds. The molecule has 0 aliphatic heterocycles. The number of nitrogens with one attached hydrogen (secondary N) is 1. The largest absolute Gasteiger partial charge is 0.457 e. The van der Waals surface area contributed by atoms with Crippen LogP contribution >= 0.6 is 0 Å². The monoisotopic (exact) mass is 271 g/mol. The zero-order chi connectivity index (χ0) is 14.4. The fourth-order valence-electron chi connectivity index (χ4n) is 1.69. The van der Waals surface area contributed by atoms with Crippen molar-refractivity contribution in [3.63, 3.8) is 0 Å². The molecule has 0 fully saturated rings. The lowest BCUT2D eigenvalue weighted by atomic mass is 9.95. The topological polar surface area (TPSA) is 41.5 Å². The van der Waals surface area contributed by atoms with Crippen molar-refractivity contribution in [2.75, 3.05) is 18.5 Å². The van der Waals surface area contributed by atoms with Crippen LogP contribution in [0.15, 0.2) is 54.6 Å². The number of para-hydroxylation sites is 1. The van der Waals surface area contributed by atoms with Gasteiger partial charge in [-0.05, 0) is 24.3 Å². The van der Waals surface area contributed by atoms with Crippen LogP contribution in [0.3, 0.4) is 0 Å². The molecule has 2 N–H and O–H groups in total. The van der Waals surface area contributed by atoms with Crippen LogP contribution in [-0.2, 0) is 0 Å². The highest BCUT2D eigenvalue weighted by Crippen LogP contribution is 2.24. The molecule has 0 unspecified atom stereocenters. The number of hydrogen-bond acceptors (Lipinski definition) is 3. The maximum absolute atomic E-state index is 9.26. The van der Waals surface area contributed by atoms with Gasteiger partial charge in [0, 0.05) is 30.3 Å². The minimum Gasteiger partial charge on any atom is -0.457 e. The third kappa shape index (κ3) is 4.28. The predicted molar refractivity (Wildman–Crippen MR) is 82.3 cm³/mol. The highest BCUT2D eigenvalue weighted by atomic mass is 16.5. The first-order valence-electron chi connectivity index (χ1n) is 6.77. The molecule has 20 heavy (non-hydrogen) atoms. The number of anilines is 1. The number of benzene rings is 2. The minimum absolute atomic E-state index is 0.143. The first kappa shape index (κ1) is 14.4. The summed E-state index contributed by atoms with van der Waals surface area (Å²) in [6, 6.07) is 17.5. The second-order valence-corrected chi connectivity index (χ2v) is 5.62. The molecule has 2 rings (SSSR count). The van der Waals surface area contributed by atoms with Crippen LogP contribution in [0.2, 0.25) is 0 Å². The molecule has 106 valence electrons. The summed E-state index contributed by atoms with van der Waals surface area (Å²) in [6.07, 6.45) is 0. The van der Waals surface area contributed by atoms with Gasteiger partial charge in [0.05, 0.1) is 0 Å². The van der Waals surface area contributed by atoms with Gasteiger partial charge < -0.3 is 15.2 Å². The van der Waals surface area contributed by atoms with Crippen molar-refractivity contribution in [2.24, 2.45) is 5.41 Å². The van der Waals surface area contributed by atoms with Gasteiger partial charge in [0.2, 0.25) is 0 Å². The summed E-state index contributed by atoms with van der Waals surface area (Å²) in [5.41, 5.74) is 0.844. The van der Waals surface area contributed by atoms with Crippen LogP contribution in [0.4, 0.5) is 5.69 Å². The van der Waals surface area contributed by atoms with Crippen LogP contribution in [0.1, 0.15) is 13.8 Å². The standard InChI is InChI=1S/C17H21NO2/c1-17(2,13-19)12-18-14-7-6-10-16(11-14)20-15-8-4-3-5-9-15/h3-11,18-19H,12-13H2,1-2H3. The van der Waals surface area contributed by atoms with E-state index in [9.17, 15) is 5.11 Å². The van der Waals surface area contributed by atoms with E-state index < -0.39 is 0 Å². The fourth-order valence-corrected chi connectivity index (χ4v) is 1.69.